The first-order valence-corrected chi connectivity index (χ1v) is 9.57. The standard InChI is InChI=1S/C20H24FN3O4/c1-4-27-20(26)14-10-24-12(2)11-28-19-16(24)13(18(14)25)9-15(21)17(19)23-7-5-22(3)6-8-23/h9-10,12H,4-8,11H2,1-3H3. The Hall–Kier alpha value is -2.61. The van der Waals surface area contributed by atoms with Crippen LogP contribution >= 0.6 is 0 Å². The van der Waals surface area contributed by atoms with Gasteiger partial charge in [-0.3, -0.25) is 4.79 Å². The highest BCUT2D eigenvalue weighted by atomic mass is 19.1. The number of esters is 1. The molecule has 4 rings (SSSR count). The van der Waals surface area contributed by atoms with Crippen molar-refractivity contribution in [2.45, 2.75) is 19.9 Å². The van der Waals surface area contributed by atoms with Crippen molar-refractivity contribution in [3.8, 4) is 5.75 Å². The summed E-state index contributed by atoms with van der Waals surface area (Å²) in [6.07, 6.45) is 1.52. The minimum absolute atomic E-state index is 0.0826. The van der Waals surface area contributed by atoms with Crippen LogP contribution in [-0.4, -0.2) is 61.9 Å². The fourth-order valence-corrected chi connectivity index (χ4v) is 3.89. The van der Waals surface area contributed by atoms with E-state index in [9.17, 15) is 9.59 Å². The van der Waals surface area contributed by atoms with Gasteiger partial charge in [-0.2, -0.15) is 0 Å². The molecule has 0 spiro atoms. The molecule has 0 aliphatic carbocycles. The van der Waals surface area contributed by atoms with Gasteiger partial charge in [0.2, 0.25) is 5.43 Å². The molecule has 8 heteroatoms. The quantitative estimate of drug-likeness (QED) is 0.749. The molecule has 7 nitrogen and oxygen atoms in total. The van der Waals surface area contributed by atoms with Gasteiger partial charge in [-0.05, 0) is 27.0 Å². The van der Waals surface area contributed by atoms with E-state index in [1.165, 1.54) is 12.3 Å². The SMILES string of the molecule is CCOC(=O)c1cn2c3c(c(N4CCN(C)CC4)c(F)cc3c1=O)OCC2C. The van der Waals surface area contributed by atoms with Crippen molar-refractivity contribution < 1.29 is 18.7 Å². The predicted octanol–water partition coefficient (Wildman–Crippen LogP) is 2.02. The van der Waals surface area contributed by atoms with Crippen LogP contribution in [0, 0.1) is 5.82 Å². The predicted molar refractivity (Wildman–Crippen MR) is 104 cm³/mol. The Bertz CT molecular complexity index is 995. The summed E-state index contributed by atoms with van der Waals surface area (Å²) in [5, 5.41) is 0.141. The van der Waals surface area contributed by atoms with Crippen LogP contribution in [0.4, 0.5) is 10.1 Å². The van der Waals surface area contributed by atoms with Crippen molar-refractivity contribution in [1.29, 1.82) is 0 Å². The minimum Gasteiger partial charge on any atom is -0.487 e. The maximum Gasteiger partial charge on any atom is 0.343 e. The van der Waals surface area contributed by atoms with Gasteiger partial charge >= 0.3 is 5.97 Å². The third kappa shape index (κ3) is 2.92. The molecule has 150 valence electrons. The molecule has 2 aliphatic heterocycles. The topological polar surface area (TPSA) is 64.0 Å². The number of carbonyl (C=O) groups is 1. The number of piperazine rings is 1. The third-order valence-corrected chi connectivity index (χ3v) is 5.46. The first-order chi connectivity index (χ1) is 13.4. The Morgan fingerprint density at radius 3 is 2.71 bits per heavy atom. The van der Waals surface area contributed by atoms with Crippen LogP contribution in [0.5, 0.6) is 5.75 Å². The summed E-state index contributed by atoms with van der Waals surface area (Å²) in [6, 6.07) is 1.13. The van der Waals surface area contributed by atoms with Crippen LogP contribution in [-0.2, 0) is 4.74 Å². The Morgan fingerprint density at radius 1 is 1.32 bits per heavy atom. The number of rotatable bonds is 3. The first-order valence-electron chi connectivity index (χ1n) is 9.57. The van der Waals surface area contributed by atoms with Crippen molar-refractivity contribution in [2.75, 3.05) is 51.3 Å². The number of aromatic nitrogens is 1. The molecule has 2 aromatic rings. The van der Waals surface area contributed by atoms with Gasteiger partial charge in [0.05, 0.1) is 23.6 Å². The van der Waals surface area contributed by atoms with Gasteiger partial charge in [0.15, 0.2) is 11.6 Å². The average molecular weight is 389 g/mol. The fourth-order valence-electron chi connectivity index (χ4n) is 3.89. The number of pyridine rings is 1. The van der Waals surface area contributed by atoms with E-state index in [1.54, 1.807) is 6.92 Å². The Morgan fingerprint density at radius 2 is 2.04 bits per heavy atom. The average Bonchev–Trinajstić information content (AvgIpc) is 2.67. The van der Waals surface area contributed by atoms with Crippen molar-refractivity contribution in [3.63, 3.8) is 0 Å². The maximum absolute atomic E-state index is 15.2. The summed E-state index contributed by atoms with van der Waals surface area (Å²) in [5.41, 5.74) is 0.310. The largest absolute Gasteiger partial charge is 0.487 e. The van der Waals surface area contributed by atoms with E-state index in [0.717, 1.165) is 13.1 Å². The number of benzene rings is 1. The second-order valence-corrected chi connectivity index (χ2v) is 7.38. The van der Waals surface area contributed by atoms with Crippen molar-refractivity contribution in [1.82, 2.24) is 9.47 Å². The van der Waals surface area contributed by atoms with Gasteiger partial charge in [0, 0.05) is 32.4 Å². The molecular weight excluding hydrogens is 365 g/mol. The van der Waals surface area contributed by atoms with Gasteiger partial charge in [0.25, 0.3) is 0 Å². The minimum atomic E-state index is -0.693. The number of likely N-dealkylation sites (N-methyl/N-ethyl adjacent to an activating group) is 1. The lowest BCUT2D eigenvalue weighted by atomic mass is 10.1. The van der Waals surface area contributed by atoms with E-state index in [4.69, 9.17) is 9.47 Å². The van der Waals surface area contributed by atoms with Gasteiger partial charge < -0.3 is 23.8 Å². The summed E-state index contributed by atoms with van der Waals surface area (Å²) in [6.45, 7) is 7.10. The maximum atomic E-state index is 15.2. The number of ether oxygens (including phenoxy) is 2. The molecule has 0 radical (unpaired) electrons. The summed E-state index contributed by atoms with van der Waals surface area (Å²) in [4.78, 5) is 29.3. The summed E-state index contributed by atoms with van der Waals surface area (Å²) < 4.78 is 27.9. The summed E-state index contributed by atoms with van der Waals surface area (Å²) in [7, 11) is 2.03. The molecule has 0 N–H and O–H groups in total. The van der Waals surface area contributed by atoms with E-state index in [0.29, 0.717) is 36.6 Å². The van der Waals surface area contributed by atoms with Gasteiger partial charge in [0.1, 0.15) is 17.9 Å². The molecular formula is C20H24FN3O4. The zero-order chi connectivity index (χ0) is 20.0. The lowest BCUT2D eigenvalue weighted by Crippen LogP contribution is -2.45. The van der Waals surface area contributed by atoms with E-state index in [1.807, 2.05) is 23.4 Å². The molecule has 1 aromatic carbocycles. The second-order valence-electron chi connectivity index (χ2n) is 7.38. The lowest BCUT2D eigenvalue weighted by Gasteiger charge is -2.37. The lowest BCUT2D eigenvalue weighted by molar-refractivity contribution is 0.0523. The van der Waals surface area contributed by atoms with Crippen LogP contribution in [0.25, 0.3) is 10.9 Å². The Labute approximate surface area is 162 Å². The van der Waals surface area contributed by atoms with Crippen LogP contribution < -0.4 is 15.1 Å². The van der Waals surface area contributed by atoms with Crippen molar-refractivity contribution >= 4 is 22.6 Å². The molecule has 0 amide bonds. The third-order valence-electron chi connectivity index (χ3n) is 5.46. The molecule has 0 bridgehead atoms. The second kappa shape index (κ2) is 7.09. The zero-order valence-corrected chi connectivity index (χ0v) is 16.3. The highest BCUT2D eigenvalue weighted by Gasteiger charge is 2.31. The number of hydrogen-bond acceptors (Lipinski definition) is 6. The van der Waals surface area contributed by atoms with E-state index in [-0.39, 0.29) is 23.6 Å². The fraction of sp³-hybridized carbons (Fsp3) is 0.500. The number of hydrogen-bond donors (Lipinski definition) is 0. The molecule has 3 heterocycles. The summed E-state index contributed by atoms with van der Waals surface area (Å²) in [5.74, 6) is -0.821. The normalized spacial score (nSPS) is 19.6. The van der Waals surface area contributed by atoms with Crippen LogP contribution in [0.3, 0.4) is 0 Å². The molecule has 28 heavy (non-hydrogen) atoms. The molecule has 1 fully saturated rings. The summed E-state index contributed by atoms with van der Waals surface area (Å²) >= 11 is 0. The number of anilines is 1. The van der Waals surface area contributed by atoms with E-state index in [2.05, 4.69) is 4.90 Å². The number of carbonyl (C=O) groups excluding carboxylic acids is 1. The number of halogens is 1. The van der Waals surface area contributed by atoms with Crippen LogP contribution in [0.15, 0.2) is 17.1 Å². The molecule has 1 aromatic heterocycles. The van der Waals surface area contributed by atoms with Gasteiger partial charge in [-0.15, -0.1) is 0 Å². The zero-order valence-electron chi connectivity index (χ0n) is 16.3. The van der Waals surface area contributed by atoms with Crippen LogP contribution in [0.2, 0.25) is 0 Å². The number of nitrogens with zero attached hydrogens (tertiary/aromatic N) is 3. The molecule has 0 saturated carbocycles. The highest BCUT2D eigenvalue weighted by molar-refractivity contribution is 5.98. The van der Waals surface area contributed by atoms with Crippen molar-refractivity contribution in [3.05, 3.63) is 33.9 Å². The van der Waals surface area contributed by atoms with Crippen LogP contribution in [0.1, 0.15) is 30.2 Å². The van der Waals surface area contributed by atoms with Gasteiger partial charge in [-0.1, -0.05) is 0 Å². The monoisotopic (exact) mass is 389 g/mol. The Kier molecular flexibility index (Phi) is 4.74. The molecule has 2 aliphatic rings. The molecule has 1 unspecified atom stereocenters. The smallest absolute Gasteiger partial charge is 0.343 e. The molecule has 1 saturated heterocycles. The van der Waals surface area contributed by atoms with E-state index < -0.39 is 17.2 Å². The molecule has 1 atom stereocenters. The first kappa shape index (κ1) is 18.7. The van der Waals surface area contributed by atoms with E-state index >= 15 is 4.39 Å². The highest BCUT2D eigenvalue weighted by Crippen LogP contribution is 2.42. The Balaban J connectivity index is 1.95. The van der Waals surface area contributed by atoms with Crippen molar-refractivity contribution in [2.24, 2.45) is 0 Å². The van der Waals surface area contributed by atoms with Gasteiger partial charge in [-0.25, -0.2) is 9.18 Å².